The smallest absolute Gasteiger partial charge is 0.0673 e. The molecule has 0 spiro atoms. The lowest BCUT2D eigenvalue weighted by atomic mass is 9.99. The van der Waals surface area contributed by atoms with Crippen LogP contribution in [0, 0.1) is 6.92 Å². The maximum atomic E-state index is 3.76. The fourth-order valence-corrected chi connectivity index (χ4v) is 5.35. The fraction of sp³-hybridized carbons (Fsp3) is 0.444. The highest BCUT2D eigenvalue weighted by molar-refractivity contribution is 7.98. The first-order chi connectivity index (χ1) is 10.3. The fourth-order valence-electron chi connectivity index (χ4n) is 2.88. The summed E-state index contributed by atoms with van der Waals surface area (Å²) >= 11 is 4.09. The predicted octanol–water partition coefficient (Wildman–Crippen LogP) is 4.93. The standard InChI is InChI=1S/C18H23NS2/c1-3-9-19-18(15-7-5-4-6-13(15)2)17-11-14-12-20-10-8-16(14)21-17/h4-7,11,18-19H,3,8-10,12H2,1-2H3. The Morgan fingerprint density at radius 2 is 2.14 bits per heavy atom. The molecule has 0 amide bonds. The van der Waals surface area contributed by atoms with Gasteiger partial charge in [-0.15, -0.1) is 11.3 Å². The normalized spacial score (nSPS) is 15.7. The van der Waals surface area contributed by atoms with Crippen LogP contribution in [0.2, 0.25) is 0 Å². The zero-order valence-electron chi connectivity index (χ0n) is 12.8. The first kappa shape index (κ1) is 15.1. The Hall–Kier alpha value is -0.770. The summed E-state index contributed by atoms with van der Waals surface area (Å²) in [4.78, 5) is 3.10. The molecule has 1 aliphatic heterocycles. The van der Waals surface area contributed by atoms with Gasteiger partial charge in [0.1, 0.15) is 0 Å². The van der Waals surface area contributed by atoms with Crippen LogP contribution in [0.5, 0.6) is 0 Å². The molecular formula is C18H23NS2. The summed E-state index contributed by atoms with van der Waals surface area (Å²) in [6.07, 6.45) is 2.42. The molecule has 21 heavy (non-hydrogen) atoms. The summed E-state index contributed by atoms with van der Waals surface area (Å²) in [7, 11) is 0. The summed E-state index contributed by atoms with van der Waals surface area (Å²) in [5.41, 5.74) is 4.38. The van der Waals surface area contributed by atoms with Crippen LogP contribution in [0.1, 0.15) is 45.8 Å². The van der Waals surface area contributed by atoms with Gasteiger partial charge in [-0.3, -0.25) is 0 Å². The van der Waals surface area contributed by atoms with Gasteiger partial charge in [0.05, 0.1) is 6.04 Å². The number of rotatable bonds is 5. The van der Waals surface area contributed by atoms with Crippen LogP contribution in [0.3, 0.4) is 0 Å². The number of hydrogen-bond donors (Lipinski definition) is 1. The summed E-state index contributed by atoms with van der Waals surface area (Å²) in [5, 5.41) is 3.76. The highest BCUT2D eigenvalue weighted by atomic mass is 32.2. The monoisotopic (exact) mass is 317 g/mol. The Bertz CT molecular complexity index is 580. The van der Waals surface area contributed by atoms with E-state index in [1.807, 2.05) is 11.3 Å². The number of hydrogen-bond acceptors (Lipinski definition) is 3. The molecule has 112 valence electrons. The van der Waals surface area contributed by atoms with Gasteiger partial charge in [-0.2, -0.15) is 11.8 Å². The number of fused-ring (bicyclic) bond motifs is 1. The molecule has 0 radical (unpaired) electrons. The van der Waals surface area contributed by atoms with Crippen LogP contribution >= 0.6 is 23.1 Å². The molecule has 3 heteroatoms. The van der Waals surface area contributed by atoms with E-state index in [2.05, 4.69) is 61.3 Å². The molecule has 1 aromatic carbocycles. The Balaban J connectivity index is 1.95. The quantitative estimate of drug-likeness (QED) is 0.838. The molecule has 0 saturated carbocycles. The lowest BCUT2D eigenvalue weighted by molar-refractivity contribution is 0.603. The predicted molar refractivity (Wildman–Crippen MR) is 95.5 cm³/mol. The number of thioether (sulfide) groups is 1. The second-order valence-corrected chi connectivity index (χ2v) is 7.92. The Labute approximate surface area is 136 Å². The minimum absolute atomic E-state index is 0.353. The van der Waals surface area contributed by atoms with Crippen LogP contribution in [-0.2, 0) is 12.2 Å². The van der Waals surface area contributed by atoms with Crippen LogP contribution in [-0.4, -0.2) is 12.3 Å². The molecule has 2 heterocycles. The van der Waals surface area contributed by atoms with Crippen LogP contribution in [0.15, 0.2) is 30.3 Å². The average Bonchev–Trinajstić information content (AvgIpc) is 2.93. The maximum absolute atomic E-state index is 3.76. The van der Waals surface area contributed by atoms with Crippen LogP contribution < -0.4 is 5.32 Å². The topological polar surface area (TPSA) is 12.0 Å². The number of aryl methyl sites for hydroxylation is 2. The molecular weight excluding hydrogens is 294 g/mol. The van der Waals surface area contributed by atoms with E-state index < -0.39 is 0 Å². The number of nitrogens with one attached hydrogen (secondary N) is 1. The van der Waals surface area contributed by atoms with Crippen molar-refractivity contribution < 1.29 is 0 Å². The van der Waals surface area contributed by atoms with Crippen molar-refractivity contribution in [2.75, 3.05) is 12.3 Å². The highest BCUT2D eigenvalue weighted by Gasteiger charge is 2.21. The summed E-state index contributed by atoms with van der Waals surface area (Å²) < 4.78 is 0. The van der Waals surface area contributed by atoms with E-state index in [0.717, 1.165) is 6.54 Å². The molecule has 0 aliphatic carbocycles. The molecule has 0 fully saturated rings. The molecule has 1 unspecified atom stereocenters. The van der Waals surface area contributed by atoms with Crippen LogP contribution in [0.25, 0.3) is 0 Å². The molecule has 1 aliphatic rings. The van der Waals surface area contributed by atoms with E-state index in [9.17, 15) is 0 Å². The Morgan fingerprint density at radius 1 is 1.29 bits per heavy atom. The molecule has 1 N–H and O–H groups in total. The third-order valence-corrected chi connectivity index (χ3v) is 6.34. The Morgan fingerprint density at radius 3 is 2.90 bits per heavy atom. The van der Waals surface area contributed by atoms with Crippen molar-refractivity contribution in [1.29, 1.82) is 0 Å². The first-order valence-electron chi connectivity index (χ1n) is 7.77. The molecule has 3 rings (SSSR count). The lowest BCUT2D eigenvalue weighted by Gasteiger charge is -2.19. The van der Waals surface area contributed by atoms with Crippen molar-refractivity contribution in [2.24, 2.45) is 0 Å². The van der Waals surface area contributed by atoms with Crippen molar-refractivity contribution in [3.8, 4) is 0 Å². The van der Waals surface area contributed by atoms with Crippen molar-refractivity contribution in [1.82, 2.24) is 5.32 Å². The van der Waals surface area contributed by atoms with Crippen LogP contribution in [0.4, 0.5) is 0 Å². The maximum Gasteiger partial charge on any atom is 0.0673 e. The van der Waals surface area contributed by atoms with E-state index in [1.54, 1.807) is 10.4 Å². The van der Waals surface area contributed by atoms with Crippen molar-refractivity contribution in [2.45, 2.75) is 38.5 Å². The lowest BCUT2D eigenvalue weighted by Crippen LogP contribution is -2.23. The van der Waals surface area contributed by atoms with Gasteiger partial charge in [-0.25, -0.2) is 0 Å². The first-order valence-corrected chi connectivity index (χ1v) is 9.75. The molecule has 1 nitrogen and oxygen atoms in total. The van der Waals surface area contributed by atoms with E-state index in [-0.39, 0.29) is 0 Å². The number of thiophene rings is 1. The molecule has 0 saturated heterocycles. The molecule has 0 bridgehead atoms. The van der Waals surface area contributed by atoms with Crippen molar-refractivity contribution >= 4 is 23.1 Å². The zero-order valence-corrected chi connectivity index (χ0v) is 14.4. The third-order valence-electron chi connectivity index (χ3n) is 4.03. The van der Waals surface area contributed by atoms with Gasteiger partial charge < -0.3 is 5.32 Å². The SMILES string of the molecule is CCCNC(c1cc2c(s1)CCSC2)c1ccccc1C. The van der Waals surface area contributed by atoms with Crippen molar-refractivity contribution in [3.63, 3.8) is 0 Å². The molecule has 2 aromatic rings. The van der Waals surface area contributed by atoms with E-state index >= 15 is 0 Å². The van der Waals surface area contributed by atoms with Gasteiger partial charge in [0.2, 0.25) is 0 Å². The minimum Gasteiger partial charge on any atom is -0.306 e. The molecule has 1 aromatic heterocycles. The van der Waals surface area contributed by atoms with Gasteiger partial charge in [0, 0.05) is 15.5 Å². The summed E-state index contributed by atoms with van der Waals surface area (Å²) in [6.45, 7) is 5.52. The minimum atomic E-state index is 0.353. The van der Waals surface area contributed by atoms with Gasteiger partial charge in [-0.1, -0.05) is 31.2 Å². The molecule has 1 atom stereocenters. The van der Waals surface area contributed by atoms with Crippen molar-refractivity contribution in [3.05, 3.63) is 56.8 Å². The summed E-state index contributed by atoms with van der Waals surface area (Å²) in [6, 6.07) is 11.6. The number of benzene rings is 1. The zero-order chi connectivity index (χ0) is 14.7. The second kappa shape index (κ2) is 6.99. The average molecular weight is 318 g/mol. The van der Waals surface area contributed by atoms with E-state index in [1.165, 1.54) is 40.4 Å². The summed E-state index contributed by atoms with van der Waals surface area (Å²) in [5.74, 6) is 2.48. The van der Waals surface area contributed by atoms with Gasteiger partial charge in [0.25, 0.3) is 0 Å². The second-order valence-electron chi connectivity index (χ2n) is 5.64. The third kappa shape index (κ3) is 3.36. The van der Waals surface area contributed by atoms with E-state index in [4.69, 9.17) is 0 Å². The highest BCUT2D eigenvalue weighted by Crippen LogP contribution is 2.37. The van der Waals surface area contributed by atoms with E-state index in [0.29, 0.717) is 6.04 Å². The van der Waals surface area contributed by atoms with Gasteiger partial charge in [0.15, 0.2) is 0 Å². The largest absolute Gasteiger partial charge is 0.306 e. The van der Waals surface area contributed by atoms with Gasteiger partial charge in [-0.05, 0) is 54.8 Å². The van der Waals surface area contributed by atoms with Gasteiger partial charge >= 0.3 is 0 Å². The Kier molecular flexibility index (Phi) is 5.04.